The third-order valence-corrected chi connectivity index (χ3v) is 5.18. The maximum absolute atomic E-state index is 13.1. The van der Waals surface area contributed by atoms with Crippen LogP contribution in [0.4, 0.5) is 11.4 Å². The molecule has 162 valence electrons. The van der Waals surface area contributed by atoms with Gasteiger partial charge in [-0.2, -0.15) is 0 Å². The van der Waals surface area contributed by atoms with Gasteiger partial charge in [-0.25, -0.2) is 0 Å². The first-order valence-corrected chi connectivity index (χ1v) is 10.0. The van der Waals surface area contributed by atoms with E-state index in [1.54, 1.807) is 26.4 Å². The predicted molar refractivity (Wildman–Crippen MR) is 124 cm³/mol. The average Bonchev–Trinajstić information content (AvgIpc) is 3.12. The van der Waals surface area contributed by atoms with Gasteiger partial charge in [-0.1, -0.05) is 42.5 Å². The number of anilines is 2. The van der Waals surface area contributed by atoms with E-state index in [0.29, 0.717) is 34.0 Å². The van der Waals surface area contributed by atoms with Crippen LogP contribution in [0.25, 0.3) is 11.3 Å². The van der Waals surface area contributed by atoms with Gasteiger partial charge in [0.2, 0.25) is 5.91 Å². The Morgan fingerprint density at radius 2 is 1.62 bits per heavy atom. The first-order chi connectivity index (χ1) is 15.5. The Hall–Kier alpha value is -4.26. The van der Waals surface area contributed by atoms with E-state index >= 15 is 0 Å². The largest absolute Gasteiger partial charge is 0.493 e. The Balaban J connectivity index is 1.83. The van der Waals surface area contributed by atoms with Gasteiger partial charge in [-0.15, -0.1) is 0 Å². The summed E-state index contributed by atoms with van der Waals surface area (Å²) in [5.41, 5.74) is 10.2. The molecule has 4 rings (SSSR count). The molecule has 4 N–H and O–H groups in total. The molecule has 0 fully saturated rings. The van der Waals surface area contributed by atoms with Crippen molar-refractivity contribution in [1.82, 2.24) is 0 Å². The average molecular weight is 429 g/mol. The molecule has 0 radical (unpaired) electrons. The number of fused-ring (bicyclic) bond motifs is 1. The van der Waals surface area contributed by atoms with Crippen molar-refractivity contribution in [3.63, 3.8) is 0 Å². The van der Waals surface area contributed by atoms with Crippen molar-refractivity contribution in [3.8, 4) is 11.5 Å². The molecule has 0 aliphatic carbocycles. The number of carbonyl (C=O) groups excluding carboxylic acids is 2. The minimum absolute atomic E-state index is 0.171. The minimum atomic E-state index is -0.388. The number of amides is 2. The monoisotopic (exact) mass is 429 g/mol. The zero-order valence-electron chi connectivity index (χ0n) is 17.8. The normalized spacial score (nSPS) is 13.8. The molecule has 1 heterocycles. The van der Waals surface area contributed by atoms with Crippen LogP contribution in [0, 0.1) is 0 Å². The van der Waals surface area contributed by atoms with Gasteiger partial charge in [-0.3, -0.25) is 9.59 Å². The first-order valence-electron chi connectivity index (χ1n) is 10.0. The summed E-state index contributed by atoms with van der Waals surface area (Å²) in [6.45, 7) is 0. The smallest absolute Gasteiger partial charge is 0.258 e. The van der Waals surface area contributed by atoms with Gasteiger partial charge >= 0.3 is 0 Å². The van der Waals surface area contributed by atoms with Crippen molar-refractivity contribution >= 4 is 34.5 Å². The Kier molecular flexibility index (Phi) is 5.81. The number of nitrogens with two attached hydrogens (primary N) is 1. The van der Waals surface area contributed by atoms with Crippen molar-refractivity contribution in [2.75, 3.05) is 24.9 Å². The van der Waals surface area contributed by atoms with Crippen LogP contribution in [0.3, 0.4) is 0 Å². The van der Waals surface area contributed by atoms with E-state index in [9.17, 15) is 9.59 Å². The summed E-state index contributed by atoms with van der Waals surface area (Å²) in [4.78, 5) is 24.2. The van der Waals surface area contributed by atoms with Gasteiger partial charge < -0.3 is 25.8 Å². The van der Waals surface area contributed by atoms with E-state index in [1.165, 1.54) is 0 Å². The second-order valence-corrected chi connectivity index (χ2v) is 7.29. The minimum Gasteiger partial charge on any atom is -0.493 e. The summed E-state index contributed by atoms with van der Waals surface area (Å²) in [6, 6.07) is 20.5. The number of rotatable bonds is 7. The van der Waals surface area contributed by atoms with E-state index in [1.807, 2.05) is 54.6 Å². The Morgan fingerprint density at radius 3 is 2.25 bits per heavy atom. The van der Waals surface area contributed by atoms with Crippen molar-refractivity contribution in [2.45, 2.75) is 6.42 Å². The maximum atomic E-state index is 13.1. The number of benzene rings is 3. The topological polar surface area (TPSA) is 103 Å². The van der Waals surface area contributed by atoms with Crippen LogP contribution < -0.4 is 25.8 Å². The zero-order valence-corrected chi connectivity index (χ0v) is 17.8. The molecule has 0 bridgehead atoms. The fraction of sp³-hybridized carbons (Fsp3) is 0.120. The zero-order chi connectivity index (χ0) is 22.7. The number of carbonyl (C=O) groups is 2. The molecule has 0 unspecified atom stereocenters. The van der Waals surface area contributed by atoms with Crippen molar-refractivity contribution in [1.29, 1.82) is 0 Å². The molecule has 1 aliphatic rings. The van der Waals surface area contributed by atoms with Gasteiger partial charge in [0, 0.05) is 17.3 Å². The lowest BCUT2D eigenvalue weighted by Crippen LogP contribution is -2.13. The molecule has 32 heavy (non-hydrogen) atoms. The molecule has 0 atom stereocenters. The van der Waals surface area contributed by atoms with Crippen molar-refractivity contribution < 1.29 is 19.1 Å². The molecule has 7 nitrogen and oxygen atoms in total. The third-order valence-electron chi connectivity index (χ3n) is 5.18. The Morgan fingerprint density at radius 1 is 0.969 bits per heavy atom. The summed E-state index contributed by atoms with van der Waals surface area (Å²) < 4.78 is 10.8. The second kappa shape index (κ2) is 8.85. The quantitative estimate of drug-likeness (QED) is 0.498. The van der Waals surface area contributed by atoms with Crippen LogP contribution in [0.2, 0.25) is 0 Å². The highest BCUT2D eigenvalue weighted by atomic mass is 16.5. The summed E-state index contributed by atoms with van der Waals surface area (Å²) in [6.07, 6.45) is 0.171. The van der Waals surface area contributed by atoms with Crippen LogP contribution in [-0.2, 0) is 16.0 Å². The Labute approximate surface area is 185 Å². The SMILES string of the molecule is COc1cc2c(cc1OC)/C(=C(/Nc1ccc(CC(N)=O)cc1)c1ccccc1)C(=O)N2. The molecule has 7 heteroatoms. The molecule has 1 aliphatic heterocycles. The van der Waals surface area contributed by atoms with E-state index in [4.69, 9.17) is 15.2 Å². The van der Waals surface area contributed by atoms with E-state index in [-0.39, 0.29) is 18.2 Å². The fourth-order valence-corrected chi connectivity index (χ4v) is 3.68. The van der Waals surface area contributed by atoms with Crippen LogP contribution in [0.1, 0.15) is 16.7 Å². The summed E-state index contributed by atoms with van der Waals surface area (Å²) in [5, 5.41) is 6.30. The number of primary amides is 1. The summed E-state index contributed by atoms with van der Waals surface area (Å²) in [7, 11) is 3.11. The highest BCUT2D eigenvalue weighted by Crippen LogP contribution is 2.43. The van der Waals surface area contributed by atoms with Crippen LogP contribution in [-0.4, -0.2) is 26.0 Å². The number of hydrogen-bond acceptors (Lipinski definition) is 5. The highest BCUT2D eigenvalue weighted by molar-refractivity contribution is 6.37. The maximum Gasteiger partial charge on any atom is 0.258 e. The predicted octanol–water partition coefficient (Wildman–Crippen LogP) is 3.66. The first kappa shape index (κ1) is 21.0. The fourth-order valence-electron chi connectivity index (χ4n) is 3.68. The van der Waals surface area contributed by atoms with Gasteiger partial charge in [0.1, 0.15) is 0 Å². The van der Waals surface area contributed by atoms with Gasteiger partial charge in [0.25, 0.3) is 5.91 Å². The van der Waals surface area contributed by atoms with Gasteiger partial charge in [0.05, 0.1) is 37.6 Å². The lowest BCUT2D eigenvalue weighted by atomic mass is 9.99. The Bertz CT molecular complexity index is 1200. The van der Waals surface area contributed by atoms with Crippen LogP contribution in [0.5, 0.6) is 11.5 Å². The van der Waals surface area contributed by atoms with Gasteiger partial charge in [-0.05, 0) is 29.3 Å². The number of ether oxygens (including phenoxy) is 2. The highest BCUT2D eigenvalue weighted by Gasteiger charge is 2.30. The molecule has 0 aromatic heterocycles. The van der Waals surface area contributed by atoms with Crippen LogP contribution >= 0.6 is 0 Å². The molecule has 0 saturated carbocycles. The molecular weight excluding hydrogens is 406 g/mol. The standard InChI is InChI=1S/C25H23N3O4/c1-31-20-13-18-19(14-21(20)32-2)28-25(30)23(18)24(16-6-4-3-5-7-16)27-17-10-8-15(9-11-17)12-22(26)29/h3-11,13-14,27H,12H2,1-2H3,(H2,26,29)(H,28,30)/b24-23-. The molecule has 3 aromatic carbocycles. The van der Waals surface area contributed by atoms with Crippen molar-refractivity contribution in [2.24, 2.45) is 5.73 Å². The number of hydrogen-bond donors (Lipinski definition) is 3. The molecule has 0 spiro atoms. The van der Waals surface area contributed by atoms with E-state index in [2.05, 4.69) is 10.6 Å². The molecular formula is C25H23N3O4. The number of methoxy groups -OCH3 is 2. The van der Waals surface area contributed by atoms with Crippen molar-refractivity contribution in [3.05, 3.63) is 83.4 Å². The van der Waals surface area contributed by atoms with E-state index in [0.717, 1.165) is 16.8 Å². The van der Waals surface area contributed by atoms with Crippen LogP contribution in [0.15, 0.2) is 66.7 Å². The summed E-state index contributed by atoms with van der Waals surface area (Å²) in [5.74, 6) is 0.448. The summed E-state index contributed by atoms with van der Waals surface area (Å²) >= 11 is 0. The third kappa shape index (κ3) is 4.13. The lowest BCUT2D eigenvalue weighted by Gasteiger charge is -2.16. The lowest BCUT2D eigenvalue weighted by molar-refractivity contribution is -0.117. The molecule has 0 saturated heterocycles. The molecule has 3 aromatic rings. The molecule has 2 amide bonds. The second-order valence-electron chi connectivity index (χ2n) is 7.29. The van der Waals surface area contributed by atoms with Gasteiger partial charge in [0.15, 0.2) is 11.5 Å². The number of nitrogens with one attached hydrogen (secondary N) is 2. The van der Waals surface area contributed by atoms with E-state index < -0.39 is 0 Å².